The normalized spacial score (nSPS) is 16.8. The van der Waals surface area contributed by atoms with Gasteiger partial charge in [-0.05, 0) is 30.7 Å². The van der Waals surface area contributed by atoms with Gasteiger partial charge >= 0.3 is 11.8 Å². The van der Waals surface area contributed by atoms with Crippen LogP contribution in [0.5, 0.6) is 0 Å². The average Bonchev–Trinajstić information content (AvgIpc) is 3.22. The number of halogens is 2. The summed E-state index contributed by atoms with van der Waals surface area (Å²) in [5, 5.41) is 4.76. The van der Waals surface area contributed by atoms with E-state index in [1.807, 2.05) is 31.2 Å². The fraction of sp³-hybridized carbons (Fsp3) is 0.300. The number of ether oxygens (including phenoxy) is 1. The molecule has 2 N–H and O–H groups in total. The van der Waals surface area contributed by atoms with Gasteiger partial charge in [-0.2, -0.15) is 4.31 Å². The summed E-state index contributed by atoms with van der Waals surface area (Å²) >= 11 is 0. The van der Waals surface area contributed by atoms with E-state index in [0.29, 0.717) is 12.1 Å². The molecule has 1 fully saturated rings. The highest BCUT2D eigenvalue weighted by Gasteiger charge is 2.38. The summed E-state index contributed by atoms with van der Waals surface area (Å²) in [4.78, 5) is 23.2. The molecule has 1 heterocycles. The zero-order chi connectivity index (χ0) is 22.6. The molecule has 11 heteroatoms. The summed E-state index contributed by atoms with van der Waals surface area (Å²) in [5.41, 5.74) is 1.86. The lowest BCUT2D eigenvalue weighted by atomic mass is 10.1. The third-order valence-electron chi connectivity index (χ3n) is 4.64. The highest BCUT2D eigenvalue weighted by molar-refractivity contribution is 7.89. The molecule has 0 bridgehead atoms. The highest BCUT2D eigenvalue weighted by Crippen LogP contribution is 2.25. The van der Waals surface area contributed by atoms with Gasteiger partial charge in [-0.25, -0.2) is 17.2 Å². The fourth-order valence-electron chi connectivity index (χ4n) is 2.97. The van der Waals surface area contributed by atoms with Crippen molar-refractivity contribution in [3.05, 3.63) is 65.2 Å². The number of aryl methyl sites for hydroxylation is 1. The number of carbonyl (C=O) groups is 2. The highest BCUT2D eigenvalue weighted by atomic mass is 32.2. The number of hydrogen-bond acceptors (Lipinski definition) is 5. The van der Waals surface area contributed by atoms with Gasteiger partial charge < -0.3 is 15.4 Å². The molecule has 0 spiro atoms. The Balaban J connectivity index is 1.59. The van der Waals surface area contributed by atoms with Crippen molar-refractivity contribution in [2.45, 2.75) is 24.6 Å². The third-order valence-corrected chi connectivity index (χ3v) is 6.54. The SMILES string of the molecule is Cc1ccc(CNC(=O)C(=O)NCC2OCCN2S(=O)(=O)c2cc(F)ccc2F)cc1. The maximum absolute atomic E-state index is 14.0. The van der Waals surface area contributed by atoms with Gasteiger partial charge in [0.2, 0.25) is 10.0 Å². The lowest BCUT2D eigenvalue weighted by molar-refractivity contribution is -0.139. The molecule has 2 amide bonds. The molecular formula is C20H21F2N3O5S. The monoisotopic (exact) mass is 453 g/mol. The minimum Gasteiger partial charge on any atom is -0.359 e. The number of amides is 2. The number of rotatable bonds is 6. The second-order valence-electron chi connectivity index (χ2n) is 6.89. The number of carbonyl (C=O) groups excluding carboxylic acids is 2. The molecule has 166 valence electrons. The van der Waals surface area contributed by atoms with E-state index in [4.69, 9.17) is 4.74 Å². The molecule has 31 heavy (non-hydrogen) atoms. The van der Waals surface area contributed by atoms with Crippen LogP contribution in [-0.2, 0) is 30.9 Å². The smallest absolute Gasteiger partial charge is 0.309 e. The fourth-order valence-corrected chi connectivity index (χ4v) is 4.56. The Morgan fingerprint density at radius 1 is 1.10 bits per heavy atom. The van der Waals surface area contributed by atoms with Gasteiger partial charge in [-0.3, -0.25) is 9.59 Å². The zero-order valence-corrected chi connectivity index (χ0v) is 17.4. The lowest BCUT2D eigenvalue weighted by Gasteiger charge is -2.23. The van der Waals surface area contributed by atoms with Crippen molar-refractivity contribution < 1.29 is 31.5 Å². The van der Waals surface area contributed by atoms with Crippen LogP contribution in [-0.4, -0.2) is 50.5 Å². The molecule has 2 aromatic carbocycles. The summed E-state index contributed by atoms with van der Waals surface area (Å²) in [7, 11) is -4.42. The van der Waals surface area contributed by atoms with E-state index in [9.17, 15) is 26.8 Å². The molecule has 1 atom stereocenters. The molecule has 1 unspecified atom stereocenters. The average molecular weight is 453 g/mol. The molecule has 2 aromatic rings. The Morgan fingerprint density at radius 3 is 2.48 bits per heavy atom. The quantitative estimate of drug-likeness (QED) is 0.637. The minimum absolute atomic E-state index is 0.00365. The summed E-state index contributed by atoms with van der Waals surface area (Å²) in [5.74, 6) is -3.89. The van der Waals surface area contributed by atoms with Crippen molar-refractivity contribution in [3.63, 3.8) is 0 Å². The van der Waals surface area contributed by atoms with Crippen LogP contribution in [0.2, 0.25) is 0 Å². The van der Waals surface area contributed by atoms with E-state index in [1.54, 1.807) is 0 Å². The molecule has 3 rings (SSSR count). The van der Waals surface area contributed by atoms with E-state index in [-0.39, 0.29) is 26.2 Å². The van der Waals surface area contributed by atoms with E-state index in [1.165, 1.54) is 0 Å². The van der Waals surface area contributed by atoms with E-state index in [2.05, 4.69) is 10.6 Å². The molecule has 0 aromatic heterocycles. The van der Waals surface area contributed by atoms with E-state index < -0.39 is 44.6 Å². The lowest BCUT2D eigenvalue weighted by Crippen LogP contribution is -2.47. The Labute approximate surface area is 178 Å². The third kappa shape index (κ3) is 5.43. The molecule has 0 aliphatic carbocycles. The standard InChI is InChI=1S/C20H21F2N3O5S/c1-13-2-4-14(5-3-13)11-23-19(26)20(27)24-12-18-25(8-9-30-18)31(28,29)17-10-15(21)6-7-16(17)22/h2-7,10,18H,8-9,11-12H2,1H3,(H,23,26)(H,24,27). The van der Waals surface area contributed by atoms with Crippen LogP contribution in [0.4, 0.5) is 8.78 Å². The second kappa shape index (κ2) is 9.50. The topological polar surface area (TPSA) is 105 Å². The molecule has 8 nitrogen and oxygen atoms in total. The van der Waals surface area contributed by atoms with Gasteiger partial charge in [-0.15, -0.1) is 0 Å². The van der Waals surface area contributed by atoms with Gasteiger partial charge in [0.1, 0.15) is 22.8 Å². The van der Waals surface area contributed by atoms with Crippen molar-refractivity contribution in [2.75, 3.05) is 19.7 Å². The van der Waals surface area contributed by atoms with Crippen molar-refractivity contribution >= 4 is 21.8 Å². The van der Waals surface area contributed by atoms with E-state index in [0.717, 1.165) is 21.5 Å². The Hall–Kier alpha value is -2.89. The predicted octanol–water partition coefficient (Wildman–Crippen LogP) is 1.05. The molecule has 0 saturated carbocycles. The first kappa shape index (κ1) is 22.8. The number of nitrogens with one attached hydrogen (secondary N) is 2. The van der Waals surface area contributed by atoms with Crippen LogP contribution in [0.15, 0.2) is 47.4 Å². The van der Waals surface area contributed by atoms with Crippen LogP contribution >= 0.6 is 0 Å². The van der Waals surface area contributed by atoms with Crippen LogP contribution in [0.3, 0.4) is 0 Å². The summed E-state index contributed by atoms with van der Waals surface area (Å²) in [6.07, 6.45) is -1.17. The largest absolute Gasteiger partial charge is 0.359 e. The first-order valence-corrected chi connectivity index (χ1v) is 10.8. The molecule has 1 aliphatic heterocycles. The van der Waals surface area contributed by atoms with Gasteiger partial charge in [0, 0.05) is 13.1 Å². The zero-order valence-electron chi connectivity index (χ0n) is 16.6. The molecule has 0 radical (unpaired) electrons. The number of benzene rings is 2. The van der Waals surface area contributed by atoms with Crippen LogP contribution in [0, 0.1) is 18.6 Å². The summed E-state index contributed by atoms with van der Waals surface area (Å²) < 4.78 is 59.0. The second-order valence-corrected chi connectivity index (χ2v) is 8.75. The van der Waals surface area contributed by atoms with Crippen molar-refractivity contribution in [1.82, 2.24) is 14.9 Å². The Morgan fingerprint density at radius 2 is 1.77 bits per heavy atom. The predicted molar refractivity (Wildman–Crippen MR) is 106 cm³/mol. The van der Waals surface area contributed by atoms with Crippen molar-refractivity contribution in [2.24, 2.45) is 0 Å². The molecular weight excluding hydrogens is 432 g/mol. The van der Waals surface area contributed by atoms with Gasteiger partial charge in [-0.1, -0.05) is 29.8 Å². The van der Waals surface area contributed by atoms with Crippen molar-refractivity contribution in [3.8, 4) is 0 Å². The van der Waals surface area contributed by atoms with E-state index >= 15 is 0 Å². The molecule has 1 aliphatic rings. The van der Waals surface area contributed by atoms with Gasteiger partial charge in [0.05, 0.1) is 13.2 Å². The number of hydrogen-bond donors (Lipinski definition) is 2. The Kier molecular flexibility index (Phi) is 6.98. The van der Waals surface area contributed by atoms with Crippen LogP contribution in [0.1, 0.15) is 11.1 Å². The van der Waals surface area contributed by atoms with Gasteiger partial charge in [0.15, 0.2) is 0 Å². The molecule has 1 saturated heterocycles. The van der Waals surface area contributed by atoms with Gasteiger partial charge in [0.25, 0.3) is 0 Å². The number of sulfonamides is 1. The summed E-state index contributed by atoms with van der Waals surface area (Å²) in [6, 6.07) is 9.47. The maximum atomic E-state index is 14.0. The number of nitrogens with zero attached hydrogens (tertiary/aromatic N) is 1. The maximum Gasteiger partial charge on any atom is 0.309 e. The minimum atomic E-state index is -4.42. The van der Waals surface area contributed by atoms with Crippen molar-refractivity contribution in [1.29, 1.82) is 0 Å². The first-order valence-electron chi connectivity index (χ1n) is 9.38. The summed E-state index contributed by atoms with van der Waals surface area (Å²) in [6.45, 7) is 1.61. The first-order chi connectivity index (χ1) is 14.7. The van der Waals surface area contributed by atoms with Crippen LogP contribution < -0.4 is 10.6 Å². The van der Waals surface area contributed by atoms with Crippen LogP contribution in [0.25, 0.3) is 0 Å². The Bertz CT molecular complexity index is 1080.